The molecule has 0 bridgehead atoms. The van der Waals surface area contributed by atoms with E-state index >= 15 is 0 Å². The standard InChI is InChI=1S/C20H21NO5/c1-14-20(2,19(22)26-24-13-15-7-5-4-6-8-15)21-18(25-14)16-9-11-17(23-3)12-10-16/h4-12,14H,13H2,1-3H3/t14-,20-/m1/s1. The third-order valence-corrected chi connectivity index (χ3v) is 4.37. The minimum Gasteiger partial charge on any atom is -0.497 e. The number of hydrogen-bond acceptors (Lipinski definition) is 6. The number of hydrogen-bond donors (Lipinski definition) is 0. The molecule has 136 valence electrons. The number of methoxy groups -OCH3 is 1. The summed E-state index contributed by atoms with van der Waals surface area (Å²) in [6, 6.07) is 16.7. The van der Waals surface area contributed by atoms with Crippen LogP contribution in [0.1, 0.15) is 25.0 Å². The molecule has 1 heterocycles. The van der Waals surface area contributed by atoms with E-state index in [0.717, 1.165) is 16.9 Å². The molecule has 0 spiro atoms. The Bertz CT molecular complexity index is 788. The van der Waals surface area contributed by atoms with Crippen LogP contribution in [0, 0.1) is 0 Å². The smallest absolute Gasteiger partial charge is 0.373 e. The van der Waals surface area contributed by atoms with Crippen LogP contribution in [0.5, 0.6) is 5.75 Å². The zero-order valence-corrected chi connectivity index (χ0v) is 15.0. The number of rotatable bonds is 6. The summed E-state index contributed by atoms with van der Waals surface area (Å²) < 4.78 is 10.9. The van der Waals surface area contributed by atoms with Crippen molar-refractivity contribution in [2.24, 2.45) is 4.99 Å². The van der Waals surface area contributed by atoms with Gasteiger partial charge in [-0.2, -0.15) is 4.89 Å². The summed E-state index contributed by atoms with van der Waals surface area (Å²) in [4.78, 5) is 27.0. The Morgan fingerprint density at radius 3 is 2.50 bits per heavy atom. The highest BCUT2D eigenvalue weighted by Gasteiger charge is 2.48. The lowest BCUT2D eigenvalue weighted by atomic mass is 9.98. The molecule has 2 aromatic rings. The largest absolute Gasteiger partial charge is 0.497 e. The SMILES string of the molecule is COc1ccc(C2=N[C@@](C)(C(=O)OOCc3ccccc3)[C@@H](C)O2)cc1. The molecular formula is C20H21NO5. The summed E-state index contributed by atoms with van der Waals surface area (Å²) >= 11 is 0. The summed E-state index contributed by atoms with van der Waals surface area (Å²) in [6.45, 7) is 3.62. The maximum absolute atomic E-state index is 12.5. The van der Waals surface area contributed by atoms with Gasteiger partial charge < -0.3 is 9.47 Å². The molecular weight excluding hydrogens is 334 g/mol. The first-order valence-corrected chi connectivity index (χ1v) is 8.31. The van der Waals surface area contributed by atoms with Crippen molar-refractivity contribution < 1.29 is 24.0 Å². The van der Waals surface area contributed by atoms with E-state index in [2.05, 4.69) is 4.99 Å². The van der Waals surface area contributed by atoms with Crippen LogP contribution in [0.4, 0.5) is 0 Å². The lowest BCUT2D eigenvalue weighted by Gasteiger charge is -2.21. The van der Waals surface area contributed by atoms with Crippen molar-refractivity contribution in [3.8, 4) is 5.75 Å². The Morgan fingerprint density at radius 1 is 1.15 bits per heavy atom. The first-order valence-electron chi connectivity index (χ1n) is 8.31. The van der Waals surface area contributed by atoms with Gasteiger partial charge in [-0.15, -0.1) is 0 Å². The molecule has 0 saturated carbocycles. The zero-order valence-electron chi connectivity index (χ0n) is 15.0. The van der Waals surface area contributed by atoms with Gasteiger partial charge in [0, 0.05) is 5.56 Å². The molecule has 3 rings (SSSR count). The van der Waals surface area contributed by atoms with Crippen LogP contribution in [-0.4, -0.2) is 30.6 Å². The molecule has 0 amide bonds. The topological polar surface area (TPSA) is 66.4 Å². The van der Waals surface area contributed by atoms with Gasteiger partial charge in [-0.3, -0.25) is 4.89 Å². The highest BCUT2D eigenvalue weighted by molar-refractivity contribution is 5.99. The second-order valence-electron chi connectivity index (χ2n) is 6.17. The fraction of sp³-hybridized carbons (Fsp3) is 0.300. The Labute approximate surface area is 152 Å². The van der Waals surface area contributed by atoms with Gasteiger partial charge in [-0.1, -0.05) is 30.3 Å². The third kappa shape index (κ3) is 3.70. The highest BCUT2D eigenvalue weighted by Crippen LogP contribution is 2.30. The minimum atomic E-state index is -1.17. The third-order valence-electron chi connectivity index (χ3n) is 4.37. The van der Waals surface area contributed by atoms with E-state index in [1.54, 1.807) is 21.0 Å². The Hall–Kier alpha value is -2.86. The fourth-order valence-corrected chi connectivity index (χ4v) is 2.50. The van der Waals surface area contributed by atoms with Gasteiger partial charge in [-0.05, 0) is 43.7 Å². The highest BCUT2D eigenvalue weighted by atomic mass is 17.2. The summed E-state index contributed by atoms with van der Waals surface area (Å²) in [7, 11) is 1.60. The van der Waals surface area contributed by atoms with E-state index in [1.165, 1.54) is 0 Å². The van der Waals surface area contributed by atoms with E-state index < -0.39 is 17.6 Å². The van der Waals surface area contributed by atoms with Crippen LogP contribution in [0.15, 0.2) is 59.6 Å². The van der Waals surface area contributed by atoms with E-state index in [0.29, 0.717) is 5.90 Å². The molecule has 0 unspecified atom stereocenters. The van der Waals surface area contributed by atoms with Crippen LogP contribution in [0.2, 0.25) is 0 Å². The minimum absolute atomic E-state index is 0.174. The van der Waals surface area contributed by atoms with Crippen LogP contribution in [-0.2, 0) is 25.9 Å². The van der Waals surface area contributed by atoms with E-state index in [9.17, 15) is 4.79 Å². The number of ether oxygens (including phenoxy) is 2. The summed E-state index contributed by atoms with van der Waals surface area (Å²) in [5, 5.41) is 0. The van der Waals surface area contributed by atoms with Gasteiger partial charge >= 0.3 is 5.97 Å². The van der Waals surface area contributed by atoms with Crippen LogP contribution in [0.3, 0.4) is 0 Å². The monoisotopic (exact) mass is 355 g/mol. The van der Waals surface area contributed by atoms with Crippen LogP contribution >= 0.6 is 0 Å². The molecule has 0 saturated heterocycles. The van der Waals surface area contributed by atoms with Crippen molar-refractivity contribution >= 4 is 11.9 Å². The van der Waals surface area contributed by atoms with E-state index in [-0.39, 0.29) is 6.61 Å². The van der Waals surface area contributed by atoms with Crippen molar-refractivity contribution in [1.29, 1.82) is 0 Å². The van der Waals surface area contributed by atoms with Crippen molar-refractivity contribution in [2.75, 3.05) is 7.11 Å². The predicted octanol–water partition coefficient (Wildman–Crippen LogP) is 3.29. The van der Waals surface area contributed by atoms with Crippen molar-refractivity contribution in [3.05, 3.63) is 65.7 Å². The number of aliphatic imine (C=N–C) groups is 1. The second kappa shape index (κ2) is 7.58. The quantitative estimate of drug-likeness (QED) is 0.588. The molecule has 0 aromatic heterocycles. The van der Waals surface area contributed by atoms with Gasteiger partial charge in [0.25, 0.3) is 0 Å². The second-order valence-corrected chi connectivity index (χ2v) is 6.17. The molecule has 6 nitrogen and oxygen atoms in total. The summed E-state index contributed by atoms with van der Waals surface area (Å²) in [5.41, 5.74) is 0.495. The maximum Gasteiger partial charge on any atom is 0.373 e. The molecule has 2 aromatic carbocycles. The summed E-state index contributed by atoms with van der Waals surface area (Å²) in [5.74, 6) is 0.531. The first-order chi connectivity index (χ1) is 12.5. The Morgan fingerprint density at radius 2 is 1.85 bits per heavy atom. The average molecular weight is 355 g/mol. The molecule has 0 aliphatic carbocycles. The fourth-order valence-electron chi connectivity index (χ4n) is 2.50. The summed E-state index contributed by atoms with van der Waals surface area (Å²) in [6.07, 6.45) is -0.479. The van der Waals surface area contributed by atoms with Crippen molar-refractivity contribution in [2.45, 2.75) is 32.1 Å². The van der Waals surface area contributed by atoms with Crippen molar-refractivity contribution in [3.63, 3.8) is 0 Å². The van der Waals surface area contributed by atoms with Gasteiger partial charge in [0.05, 0.1) is 7.11 Å². The average Bonchev–Trinajstić information content (AvgIpc) is 2.98. The van der Waals surface area contributed by atoms with Crippen LogP contribution < -0.4 is 4.74 Å². The lowest BCUT2D eigenvalue weighted by Crippen LogP contribution is -2.42. The number of nitrogens with zero attached hydrogens (tertiary/aromatic N) is 1. The first kappa shape index (κ1) is 17.9. The zero-order chi connectivity index (χ0) is 18.6. The van der Waals surface area contributed by atoms with Gasteiger partial charge in [0.2, 0.25) is 5.90 Å². The number of carbonyl (C=O) groups excluding carboxylic acids is 1. The molecule has 0 radical (unpaired) electrons. The van der Waals surface area contributed by atoms with Gasteiger partial charge in [0.15, 0.2) is 5.54 Å². The normalized spacial score (nSPS) is 21.7. The van der Waals surface area contributed by atoms with Gasteiger partial charge in [-0.25, -0.2) is 9.79 Å². The predicted molar refractivity (Wildman–Crippen MR) is 95.8 cm³/mol. The lowest BCUT2D eigenvalue weighted by molar-refractivity contribution is -0.285. The number of carbonyl (C=O) groups is 1. The Balaban J connectivity index is 1.66. The Kier molecular flexibility index (Phi) is 5.23. The molecule has 26 heavy (non-hydrogen) atoms. The number of benzene rings is 2. The van der Waals surface area contributed by atoms with Gasteiger partial charge in [0.1, 0.15) is 18.5 Å². The molecule has 1 aliphatic heterocycles. The molecule has 0 N–H and O–H groups in total. The molecule has 0 fully saturated rings. The molecule has 2 atom stereocenters. The van der Waals surface area contributed by atoms with E-state index in [1.807, 2.05) is 54.6 Å². The maximum atomic E-state index is 12.5. The van der Waals surface area contributed by atoms with Crippen LogP contribution in [0.25, 0.3) is 0 Å². The molecule has 1 aliphatic rings. The van der Waals surface area contributed by atoms with E-state index in [4.69, 9.17) is 19.2 Å². The van der Waals surface area contributed by atoms with Crippen molar-refractivity contribution in [1.82, 2.24) is 0 Å². The molecule has 6 heteroatoms.